The zero-order valence-electron chi connectivity index (χ0n) is 12.3. The fraction of sp³-hybridized carbons (Fsp3) is 0.438. The van der Waals surface area contributed by atoms with Gasteiger partial charge in [0, 0.05) is 31.9 Å². The van der Waals surface area contributed by atoms with Gasteiger partial charge in [0.25, 0.3) is 0 Å². The second kappa shape index (κ2) is 6.56. The molecule has 6 heteroatoms. The maximum Gasteiger partial charge on any atom is 0.123 e. The molecular formula is C16H20FN3O2. The fourth-order valence-electron chi connectivity index (χ4n) is 2.89. The average molecular weight is 305 g/mol. The van der Waals surface area contributed by atoms with Crippen molar-refractivity contribution in [2.24, 2.45) is 0 Å². The number of imidazole rings is 1. The Bertz CT molecular complexity index is 588. The number of rotatable bonds is 5. The van der Waals surface area contributed by atoms with Crippen LogP contribution in [0.3, 0.4) is 0 Å². The van der Waals surface area contributed by atoms with E-state index >= 15 is 0 Å². The van der Waals surface area contributed by atoms with Crippen molar-refractivity contribution in [1.29, 1.82) is 0 Å². The van der Waals surface area contributed by atoms with E-state index in [0.717, 1.165) is 17.9 Å². The second-order valence-electron chi connectivity index (χ2n) is 5.74. The number of morpholine rings is 1. The van der Waals surface area contributed by atoms with Crippen LogP contribution in [0.5, 0.6) is 0 Å². The van der Waals surface area contributed by atoms with E-state index in [9.17, 15) is 9.50 Å². The first-order valence-corrected chi connectivity index (χ1v) is 7.39. The first-order valence-electron chi connectivity index (χ1n) is 7.39. The van der Waals surface area contributed by atoms with Gasteiger partial charge in [0.15, 0.2) is 0 Å². The average Bonchev–Trinajstić information content (AvgIpc) is 3.03. The molecule has 1 fully saturated rings. The third-order valence-electron chi connectivity index (χ3n) is 3.98. The number of aromatic nitrogens is 2. The van der Waals surface area contributed by atoms with Gasteiger partial charge in [-0.2, -0.15) is 0 Å². The molecule has 0 unspecified atom stereocenters. The van der Waals surface area contributed by atoms with Crippen molar-refractivity contribution in [2.45, 2.75) is 18.6 Å². The molecular weight excluding hydrogens is 285 g/mol. The molecule has 0 aliphatic carbocycles. The summed E-state index contributed by atoms with van der Waals surface area (Å²) < 4.78 is 18.9. The van der Waals surface area contributed by atoms with Gasteiger partial charge in [0.2, 0.25) is 0 Å². The number of aliphatic hydroxyl groups is 1. The van der Waals surface area contributed by atoms with Crippen molar-refractivity contribution in [2.75, 3.05) is 26.3 Å². The van der Waals surface area contributed by atoms with Crippen molar-refractivity contribution in [3.8, 4) is 0 Å². The van der Waals surface area contributed by atoms with Gasteiger partial charge in [-0.3, -0.25) is 4.90 Å². The number of aliphatic hydroxyl groups excluding tert-OH is 1. The number of hydrogen-bond donors (Lipinski definition) is 2. The zero-order chi connectivity index (χ0) is 15.4. The zero-order valence-corrected chi connectivity index (χ0v) is 12.3. The highest BCUT2D eigenvalue weighted by atomic mass is 19.1. The monoisotopic (exact) mass is 305 g/mol. The van der Waals surface area contributed by atoms with Crippen LogP contribution >= 0.6 is 0 Å². The SMILES string of the molecule is OC[C@@]1(Cc2ccc(F)cc2)CN(Cc2ncc[nH]2)CCO1. The Kier molecular flexibility index (Phi) is 4.52. The predicted octanol–water partition coefficient (Wildman–Crippen LogP) is 1.35. The Labute approximate surface area is 128 Å². The number of benzene rings is 1. The van der Waals surface area contributed by atoms with Crippen molar-refractivity contribution in [3.63, 3.8) is 0 Å². The van der Waals surface area contributed by atoms with Crippen molar-refractivity contribution >= 4 is 0 Å². The van der Waals surface area contributed by atoms with Gasteiger partial charge in [-0.25, -0.2) is 9.37 Å². The molecule has 0 spiro atoms. The van der Waals surface area contributed by atoms with Gasteiger partial charge in [0.1, 0.15) is 17.2 Å². The summed E-state index contributed by atoms with van der Waals surface area (Å²) in [6.07, 6.45) is 4.08. The summed E-state index contributed by atoms with van der Waals surface area (Å²) >= 11 is 0. The van der Waals surface area contributed by atoms with E-state index < -0.39 is 5.60 Å². The van der Waals surface area contributed by atoms with Gasteiger partial charge < -0.3 is 14.8 Å². The number of nitrogens with zero attached hydrogens (tertiary/aromatic N) is 2. The number of halogens is 1. The van der Waals surface area contributed by atoms with E-state index in [1.54, 1.807) is 24.5 Å². The molecule has 1 aliphatic heterocycles. The van der Waals surface area contributed by atoms with Gasteiger partial charge in [-0.05, 0) is 17.7 Å². The van der Waals surface area contributed by atoms with Gasteiger partial charge >= 0.3 is 0 Å². The van der Waals surface area contributed by atoms with Crippen LogP contribution in [0.2, 0.25) is 0 Å². The highest BCUT2D eigenvalue weighted by molar-refractivity contribution is 5.19. The van der Waals surface area contributed by atoms with Gasteiger partial charge in [-0.1, -0.05) is 12.1 Å². The fourth-order valence-corrected chi connectivity index (χ4v) is 2.89. The molecule has 0 radical (unpaired) electrons. The van der Waals surface area contributed by atoms with E-state index in [1.165, 1.54) is 12.1 Å². The quantitative estimate of drug-likeness (QED) is 0.875. The van der Waals surface area contributed by atoms with Crippen LogP contribution in [-0.4, -0.2) is 51.9 Å². The van der Waals surface area contributed by atoms with E-state index in [4.69, 9.17) is 4.74 Å². The van der Waals surface area contributed by atoms with E-state index in [0.29, 0.717) is 26.1 Å². The number of H-pyrrole nitrogens is 1. The summed E-state index contributed by atoms with van der Waals surface area (Å²) in [5.41, 5.74) is 0.304. The van der Waals surface area contributed by atoms with Crippen molar-refractivity contribution in [1.82, 2.24) is 14.9 Å². The maximum atomic E-state index is 13.0. The van der Waals surface area contributed by atoms with E-state index in [2.05, 4.69) is 14.9 Å². The normalized spacial score (nSPS) is 22.8. The Hall–Kier alpha value is -1.76. The van der Waals surface area contributed by atoms with E-state index in [-0.39, 0.29) is 12.4 Å². The topological polar surface area (TPSA) is 61.4 Å². The molecule has 0 amide bonds. The van der Waals surface area contributed by atoms with Crippen LogP contribution in [0.25, 0.3) is 0 Å². The summed E-state index contributed by atoms with van der Waals surface area (Å²) in [5.74, 6) is 0.640. The minimum atomic E-state index is -0.650. The van der Waals surface area contributed by atoms with Crippen LogP contribution < -0.4 is 0 Å². The minimum absolute atomic E-state index is 0.0704. The van der Waals surface area contributed by atoms with Crippen LogP contribution in [0, 0.1) is 5.82 Å². The molecule has 2 heterocycles. The summed E-state index contributed by atoms with van der Waals surface area (Å²) in [5, 5.41) is 9.85. The molecule has 5 nitrogen and oxygen atoms in total. The largest absolute Gasteiger partial charge is 0.393 e. The predicted molar refractivity (Wildman–Crippen MR) is 79.7 cm³/mol. The molecule has 0 saturated carbocycles. The number of ether oxygens (including phenoxy) is 1. The molecule has 1 aliphatic rings. The van der Waals surface area contributed by atoms with Gasteiger partial charge in [0.05, 0.1) is 19.8 Å². The summed E-state index contributed by atoms with van der Waals surface area (Å²) in [6, 6.07) is 6.34. The standard InChI is InChI=1S/C16H20FN3O2/c17-14-3-1-13(2-4-14)9-16(12-21)11-20(7-8-22-16)10-15-18-5-6-19-15/h1-6,21H,7-12H2,(H,18,19)/t16-/m1/s1. The smallest absolute Gasteiger partial charge is 0.123 e. The second-order valence-corrected chi connectivity index (χ2v) is 5.74. The highest BCUT2D eigenvalue weighted by Gasteiger charge is 2.36. The molecule has 2 N–H and O–H groups in total. The Balaban J connectivity index is 1.69. The minimum Gasteiger partial charge on any atom is -0.393 e. The Morgan fingerprint density at radius 1 is 1.36 bits per heavy atom. The molecule has 2 aromatic rings. The molecule has 118 valence electrons. The van der Waals surface area contributed by atoms with E-state index in [1.807, 2.05) is 0 Å². The summed E-state index contributed by atoms with van der Waals surface area (Å²) in [4.78, 5) is 9.53. The third-order valence-corrected chi connectivity index (χ3v) is 3.98. The first-order chi connectivity index (χ1) is 10.7. The summed E-state index contributed by atoms with van der Waals surface area (Å²) in [6.45, 7) is 2.59. The lowest BCUT2D eigenvalue weighted by Gasteiger charge is -2.41. The lowest BCUT2D eigenvalue weighted by molar-refractivity contribution is -0.134. The number of hydrogen-bond acceptors (Lipinski definition) is 4. The van der Waals surface area contributed by atoms with Crippen LogP contribution in [0.1, 0.15) is 11.4 Å². The van der Waals surface area contributed by atoms with Gasteiger partial charge in [-0.15, -0.1) is 0 Å². The van der Waals surface area contributed by atoms with Crippen LogP contribution in [0.15, 0.2) is 36.7 Å². The maximum absolute atomic E-state index is 13.0. The third kappa shape index (κ3) is 3.52. The number of aromatic amines is 1. The van der Waals surface area contributed by atoms with Crippen molar-refractivity contribution < 1.29 is 14.2 Å². The molecule has 0 bridgehead atoms. The van der Waals surface area contributed by atoms with Crippen LogP contribution in [0.4, 0.5) is 4.39 Å². The highest BCUT2D eigenvalue weighted by Crippen LogP contribution is 2.24. The Morgan fingerprint density at radius 3 is 2.86 bits per heavy atom. The lowest BCUT2D eigenvalue weighted by atomic mass is 9.93. The molecule has 1 saturated heterocycles. The number of nitrogens with one attached hydrogen (secondary N) is 1. The summed E-state index contributed by atoms with van der Waals surface area (Å²) in [7, 11) is 0. The Morgan fingerprint density at radius 2 is 2.18 bits per heavy atom. The van der Waals surface area contributed by atoms with Crippen molar-refractivity contribution in [3.05, 3.63) is 53.9 Å². The molecule has 1 aromatic heterocycles. The molecule has 3 rings (SSSR count). The lowest BCUT2D eigenvalue weighted by Crippen LogP contribution is -2.55. The molecule has 22 heavy (non-hydrogen) atoms. The first kappa shape index (κ1) is 15.1. The molecule has 1 aromatic carbocycles. The molecule has 1 atom stereocenters. The van der Waals surface area contributed by atoms with Crippen LogP contribution in [-0.2, 0) is 17.7 Å².